The second kappa shape index (κ2) is 9.93. The normalized spacial score (nSPS) is 23.3. The topological polar surface area (TPSA) is 137 Å². The molecule has 164 valence electrons. The van der Waals surface area contributed by atoms with Crippen LogP contribution in [0.4, 0.5) is 4.79 Å². The van der Waals surface area contributed by atoms with Crippen molar-refractivity contribution in [3.05, 3.63) is 35.9 Å². The molecule has 0 heterocycles. The Morgan fingerprint density at radius 3 is 2.43 bits per heavy atom. The van der Waals surface area contributed by atoms with E-state index in [0.717, 1.165) is 11.5 Å². The summed E-state index contributed by atoms with van der Waals surface area (Å²) < 4.78 is 5.13. The molecule has 4 rings (SSSR count). The highest BCUT2D eigenvalue weighted by Crippen LogP contribution is 2.66. The Hall–Kier alpha value is -2.61. The van der Waals surface area contributed by atoms with E-state index in [4.69, 9.17) is 16.2 Å². The minimum absolute atomic E-state index is 0.213. The summed E-state index contributed by atoms with van der Waals surface area (Å²) in [6, 6.07) is 8.07. The molecule has 2 bridgehead atoms. The zero-order valence-electron chi connectivity index (χ0n) is 17.3. The van der Waals surface area contributed by atoms with Gasteiger partial charge in [-0.3, -0.25) is 9.59 Å². The summed E-state index contributed by atoms with van der Waals surface area (Å²) in [6.45, 7) is 0.626. The maximum absolute atomic E-state index is 12.3. The van der Waals surface area contributed by atoms with Crippen LogP contribution in [-0.4, -0.2) is 36.5 Å². The third-order valence-corrected chi connectivity index (χ3v) is 6.22. The molecule has 3 aliphatic carbocycles. The van der Waals surface area contributed by atoms with Crippen LogP contribution in [-0.2, 0) is 20.9 Å². The predicted octanol–water partition coefficient (Wildman–Crippen LogP) is 1.57. The summed E-state index contributed by atoms with van der Waals surface area (Å²) in [7, 11) is 0. The number of ether oxygens (including phenoxy) is 1. The first-order valence-corrected chi connectivity index (χ1v) is 10.7. The molecule has 1 aromatic carbocycles. The Labute approximate surface area is 177 Å². The lowest BCUT2D eigenvalue weighted by Crippen LogP contribution is -2.57. The van der Waals surface area contributed by atoms with Gasteiger partial charge in [-0.15, -0.1) is 0 Å². The minimum Gasteiger partial charge on any atom is -0.445 e. The number of carbonyl (C=O) groups is 3. The highest BCUT2D eigenvalue weighted by molar-refractivity contribution is 5.88. The number of carbonyl (C=O) groups excluding carboxylic acids is 3. The highest BCUT2D eigenvalue weighted by atomic mass is 16.5. The zero-order valence-corrected chi connectivity index (χ0v) is 17.3. The maximum atomic E-state index is 12.3. The van der Waals surface area contributed by atoms with E-state index in [9.17, 15) is 14.4 Å². The van der Waals surface area contributed by atoms with Gasteiger partial charge in [-0.1, -0.05) is 30.3 Å². The fraction of sp³-hybridized carbons (Fsp3) is 0.591. The van der Waals surface area contributed by atoms with Gasteiger partial charge in [0, 0.05) is 6.54 Å². The van der Waals surface area contributed by atoms with E-state index >= 15 is 0 Å². The molecule has 3 amide bonds. The second-order valence-corrected chi connectivity index (χ2v) is 8.74. The summed E-state index contributed by atoms with van der Waals surface area (Å²) >= 11 is 0. The summed E-state index contributed by atoms with van der Waals surface area (Å²) in [5.74, 6) is -0.0507. The first-order chi connectivity index (χ1) is 14.4. The van der Waals surface area contributed by atoms with Gasteiger partial charge < -0.3 is 26.8 Å². The number of alkyl carbamates (subject to hydrolysis) is 1. The molecule has 8 heteroatoms. The molecule has 2 atom stereocenters. The van der Waals surface area contributed by atoms with Crippen molar-refractivity contribution in [1.29, 1.82) is 0 Å². The van der Waals surface area contributed by atoms with Crippen LogP contribution in [0.3, 0.4) is 0 Å². The second-order valence-electron chi connectivity index (χ2n) is 8.74. The van der Waals surface area contributed by atoms with E-state index in [1.807, 2.05) is 30.3 Å². The Bertz CT molecular complexity index is 738. The smallest absolute Gasteiger partial charge is 0.407 e. The summed E-state index contributed by atoms with van der Waals surface area (Å²) in [6.07, 6.45) is 5.37. The van der Waals surface area contributed by atoms with Gasteiger partial charge in [0.1, 0.15) is 12.6 Å². The molecule has 0 aromatic heterocycles. The molecular weight excluding hydrogens is 384 g/mol. The number of nitrogens with one attached hydrogen (secondary N) is 2. The fourth-order valence-electron chi connectivity index (χ4n) is 4.47. The third kappa shape index (κ3) is 5.95. The van der Waals surface area contributed by atoms with Crippen molar-refractivity contribution in [3.63, 3.8) is 0 Å². The average molecular weight is 417 g/mol. The number of benzene rings is 1. The molecule has 0 radical (unpaired) electrons. The van der Waals surface area contributed by atoms with Crippen molar-refractivity contribution in [2.45, 2.75) is 63.6 Å². The number of hydrogen-bond acceptors (Lipinski definition) is 5. The SMILES string of the molecule is NC(=O)[C@H](CCCCNC(=O)OCc1ccccc1)NC(=O)[C@@H](N)CC12CC(C1)C2. The lowest BCUT2D eigenvalue weighted by Gasteiger charge is -2.62. The van der Waals surface area contributed by atoms with E-state index < -0.39 is 24.1 Å². The van der Waals surface area contributed by atoms with Crippen molar-refractivity contribution in [2.24, 2.45) is 22.8 Å². The lowest BCUT2D eigenvalue weighted by atomic mass is 9.43. The van der Waals surface area contributed by atoms with E-state index in [1.54, 1.807) is 0 Å². The number of rotatable bonds is 12. The first-order valence-electron chi connectivity index (χ1n) is 10.7. The van der Waals surface area contributed by atoms with Crippen LogP contribution in [0.15, 0.2) is 30.3 Å². The van der Waals surface area contributed by atoms with Gasteiger partial charge >= 0.3 is 6.09 Å². The van der Waals surface area contributed by atoms with Crippen LogP contribution in [0.2, 0.25) is 0 Å². The molecule has 30 heavy (non-hydrogen) atoms. The van der Waals surface area contributed by atoms with Gasteiger partial charge in [-0.25, -0.2) is 4.79 Å². The lowest BCUT2D eigenvalue weighted by molar-refractivity contribution is -0.137. The monoisotopic (exact) mass is 416 g/mol. The summed E-state index contributed by atoms with van der Waals surface area (Å²) in [5.41, 5.74) is 12.7. The Morgan fingerprint density at radius 2 is 1.83 bits per heavy atom. The van der Waals surface area contributed by atoms with Crippen LogP contribution >= 0.6 is 0 Å². The average Bonchev–Trinajstić information content (AvgIpc) is 2.67. The number of primary amides is 1. The summed E-state index contributed by atoms with van der Waals surface area (Å²) in [5, 5.41) is 5.37. The fourth-order valence-corrected chi connectivity index (χ4v) is 4.47. The molecule has 8 nitrogen and oxygen atoms in total. The molecule has 0 saturated heterocycles. The predicted molar refractivity (Wildman–Crippen MR) is 112 cm³/mol. The standard InChI is InChI=1S/C22H32N4O4/c23-17(13-22-10-16(11-22)12-22)20(28)26-18(19(24)27)8-4-5-9-25-21(29)30-14-15-6-2-1-3-7-15/h1-3,6-7,16-18H,4-5,8-14,23H2,(H2,24,27)(H,25,29)(H,26,28)/t16?,17-,18-,22?/m0/s1. The van der Waals surface area contributed by atoms with Gasteiger partial charge in [0.15, 0.2) is 0 Å². The third-order valence-electron chi connectivity index (χ3n) is 6.22. The number of hydrogen-bond donors (Lipinski definition) is 4. The van der Waals surface area contributed by atoms with Gasteiger partial charge in [-0.05, 0) is 61.8 Å². The molecular formula is C22H32N4O4. The molecule has 3 saturated carbocycles. The van der Waals surface area contributed by atoms with Gasteiger partial charge in [0.25, 0.3) is 0 Å². The zero-order chi connectivity index (χ0) is 21.6. The van der Waals surface area contributed by atoms with Crippen molar-refractivity contribution in [1.82, 2.24) is 10.6 Å². The minimum atomic E-state index is -0.749. The van der Waals surface area contributed by atoms with Crippen LogP contribution < -0.4 is 22.1 Å². The van der Waals surface area contributed by atoms with Crippen molar-refractivity contribution < 1.29 is 19.1 Å². The quantitative estimate of drug-likeness (QED) is 0.383. The van der Waals surface area contributed by atoms with Crippen LogP contribution in [0.25, 0.3) is 0 Å². The maximum Gasteiger partial charge on any atom is 0.407 e. The largest absolute Gasteiger partial charge is 0.445 e. The van der Waals surface area contributed by atoms with Crippen LogP contribution in [0, 0.1) is 11.3 Å². The van der Waals surface area contributed by atoms with E-state index in [2.05, 4.69) is 10.6 Å². The molecule has 3 fully saturated rings. The van der Waals surface area contributed by atoms with Crippen molar-refractivity contribution >= 4 is 17.9 Å². The number of unbranched alkanes of at least 4 members (excludes halogenated alkanes) is 1. The molecule has 3 aliphatic rings. The first kappa shape index (κ1) is 22.1. The Morgan fingerprint density at radius 1 is 1.13 bits per heavy atom. The van der Waals surface area contributed by atoms with Gasteiger partial charge in [0.05, 0.1) is 6.04 Å². The van der Waals surface area contributed by atoms with E-state index in [1.165, 1.54) is 19.3 Å². The van der Waals surface area contributed by atoms with Gasteiger partial charge in [-0.2, -0.15) is 0 Å². The number of nitrogens with two attached hydrogens (primary N) is 2. The van der Waals surface area contributed by atoms with Crippen LogP contribution in [0.1, 0.15) is 50.5 Å². The van der Waals surface area contributed by atoms with E-state index in [0.29, 0.717) is 32.2 Å². The molecule has 0 unspecified atom stereocenters. The van der Waals surface area contributed by atoms with Crippen molar-refractivity contribution in [2.75, 3.05) is 6.54 Å². The van der Waals surface area contributed by atoms with Crippen LogP contribution in [0.5, 0.6) is 0 Å². The Balaban J connectivity index is 1.28. The van der Waals surface area contributed by atoms with E-state index in [-0.39, 0.29) is 17.9 Å². The highest BCUT2D eigenvalue weighted by Gasteiger charge is 2.56. The van der Waals surface area contributed by atoms with Gasteiger partial charge in [0.2, 0.25) is 11.8 Å². The number of amides is 3. The summed E-state index contributed by atoms with van der Waals surface area (Å²) in [4.78, 5) is 35.7. The van der Waals surface area contributed by atoms with Crippen molar-refractivity contribution in [3.8, 4) is 0 Å². The molecule has 6 N–H and O–H groups in total. The molecule has 0 aliphatic heterocycles. The Kier molecular flexibility index (Phi) is 7.31. The molecule has 0 spiro atoms. The molecule has 1 aromatic rings.